The maximum Gasteiger partial charge on any atom is 0.320 e. The molecule has 2 rings (SSSR count). The number of nitrogens with one attached hydrogen (secondary N) is 2. The number of carbonyl (C=O) groups is 1. The Bertz CT molecular complexity index is 642. The first-order valence-electron chi connectivity index (χ1n) is 8.66. The van der Waals surface area contributed by atoms with E-state index in [1.54, 1.807) is 18.5 Å². The number of nitrogens with zero attached hydrogens (tertiary/aromatic N) is 3. The fourth-order valence-corrected chi connectivity index (χ4v) is 2.31. The van der Waals surface area contributed by atoms with Crippen molar-refractivity contribution in [1.29, 1.82) is 0 Å². The number of hydrogen-bond acceptors (Lipinski definition) is 4. The minimum Gasteiger partial charge on any atom is -0.380 e. The van der Waals surface area contributed by atoms with Crippen LogP contribution in [0.15, 0.2) is 36.8 Å². The zero-order chi connectivity index (χ0) is 18.1. The van der Waals surface area contributed by atoms with Crippen molar-refractivity contribution in [2.45, 2.75) is 39.8 Å². The van der Waals surface area contributed by atoms with E-state index < -0.39 is 0 Å². The molecule has 2 aromatic rings. The lowest BCUT2D eigenvalue weighted by Crippen LogP contribution is -2.44. The number of ether oxygens (including phenoxy) is 1. The van der Waals surface area contributed by atoms with Gasteiger partial charge in [-0.2, -0.15) is 5.10 Å². The number of rotatable bonds is 9. The Kier molecular flexibility index (Phi) is 7.40. The van der Waals surface area contributed by atoms with E-state index in [-0.39, 0.29) is 18.0 Å². The smallest absolute Gasteiger partial charge is 0.320 e. The van der Waals surface area contributed by atoms with E-state index >= 15 is 0 Å². The molecule has 0 unspecified atom stereocenters. The van der Waals surface area contributed by atoms with E-state index in [9.17, 15) is 4.79 Å². The number of anilines is 1. The molecule has 2 amide bonds. The maximum atomic E-state index is 12.1. The van der Waals surface area contributed by atoms with Crippen molar-refractivity contribution < 1.29 is 9.53 Å². The normalized spacial score (nSPS) is 12.2. The van der Waals surface area contributed by atoms with Gasteiger partial charge in [-0.25, -0.2) is 4.79 Å². The van der Waals surface area contributed by atoms with Crippen LogP contribution >= 0.6 is 0 Å². The fraction of sp³-hybridized carbons (Fsp3) is 0.500. The summed E-state index contributed by atoms with van der Waals surface area (Å²) >= 11 is 0. The topological polar surface area (TPSA) is 81.1 Å². The third-order valence-corrected chi connectivity index (χ3v) is 3.88. The number of aromatic nitrogens is 3. The van der Waals surface area contributed by atoms with Crippen LogP contribution in [0.3, 0.4) is 0 Å². The van der Waals surface area contributed by atoms with Gasteiger partial charge in [0.2, 0.25) is 0 Å². The Morgan fingerprint density at radius 2 is 2.04 bits per heavy atom. The van der Waals surface area contributed by atoms with Crippen LogP contribution < -0.4 is 10.6 Å². The second-order valence-corrected chi connectivity index (χ2v) is 6.18. The van der Waals surface area contributed by atoms with Crippen LogP contribution in [-0.4, -0.2) is 40.1 Å². The molecule has 0 aliphatic carbocycles. The predicted molar refractivity (Wildman–Crippen MR) is 97.4 cm³/mol. The summed E-state index contributed by atoms with van der Waals surface area (Å²) in [5.74, 6) is 0.821. The molecule has 0 aliphatic rings. The van der Waals surface area contributed by atoms with Gasteiger partial charge >= 0.3 is 6.03 Å². The van der Waals surface area contributed by atoms with E-state index in [0.29, 0.717) is 19.0 Å². The molecule has 1 atom stereocenters. The summed E-state index contributed by atoms with van der Waals surface area (Å²) in [7, 11) is 0. The van der Waals surface area contributed by atoms with Crippen LogP contribution in [0.1, 0.15) is 26.3 Å². The minimum atomic E-state index is -0.266. The van der Waals surface area contributed by atoms with Gasteiger partial charge in [0.1, 0.15) is 0 Å². The van der Waals surface area contributed by atoms with Gasteiger partial charge in [0, 0.05) is 37.8 Å². The zero-order valence-corrected chi connectivity index (χ0v) is 15.1. The predicted octanol–water partition coefficient (Wildman–Crippen LogP) is 2.70. The lowest BCUT2D eigenvalue weighted by molar-refractivity contribution is 0.111. The molecule has 0 aromatic carbocycles. The molecule has 0 radical (unpaired) electrons. The van der Waals surface area contributed by atoms with Gasteiger partial charge in [-0.1, -0.05) is 13.8 Å². The van der Waals surface area contributed by atoms with Crippen molar-refractivity contribution >= 4 is 11.8 Å². The zero-order valence-electron chi connectivity index (χ0n) is 15.1. The monoisotopic (exact) mass is 345 g/mol. The molecule has 25 heavy (non-hydrogen) atoms. The van der Waals surface area contributed by atoms with Gasteiger partial charge < -0.3 is 10.1 Å². The lowest BCUT2D eigenvalue weighted by Gasteiger charge is -2.21. The summed E-state index contributed by atoms with van der Waals surface area (Å²) in [6.45, 7) is 7.92. The Labute approximate surface area is 148 Å². The largest absolute Gasteiger partial charge is 0.380 e. The summed E-state index contributed by atoms with van der Waals surface area (Å²) in [6.07, 6.45) is 6.28. The van der Waals surface area contributed by atoms with Crippen LogP contribution in [0.25, 0.3) is 0 Å². The standard InChI is InChI=1S/C18H27N5O2/c1-4-25-13-16(14(2)3)20-18(24)21-17-8-12-23(22-17)11-7-15-5-9-19-10-6-15/h5-6,8-10,12,14,16H,4,7,11,13H2,1-3H3,(H2,20,21,22,24)/t16-/m0/s1. The Morgan fingerprint density at radius 3 is 2.72 bits per heavy atom. The first kappa shape index (κ1) is 18.9. The van der Waals surface area contributed by atoms with Crippen LogP contribution in [0, 0.1) is 5.92 Å². The van der Waals surface area contributed by atoms with E-state index in [0.717, 1.165) is 13.0 Å². The summed E-state index contributed by atoms with van der Waals surface area (Å²) < 4.78 is 7.24. The highest BCUT2D eigenvalue weighted by Gasteiger charge is 2.16. The molecule has 0 saturated heterocycles. The van der Waals surface area contributed by atoms with E-state index in [2.05, 4.69) is 34.6 Å². The molecule has 2 heterocycles. The lowest BCUT2D eigenvalue weighted by atomic mass is 10.1. The van der Waals surface area contributed by atoms with Crippen LogP contribution in [0.5, 0.6) is 0 Å². The number of urea groups is 1. The molecule has 0 spiro atoms. The van der Waals surface area contributed by atoms with E-state index in [1.165, 1.54) is 5.56 Å². The third kappa shape index (κ3) is 6.54. The molecule has 0 bridgehead atoms. The van der Waals surface area contributed by atoms with Crippen molar-refractivity contribution in [2.24, 2.45) is 5.92 Å². The fourth-order valence-electron chi connectivity index (χ4n) is 2.31. The molecule has 0 fully saturated rings. The SMILES string of the molecule is CCOC[C@H](NC(=O)Nc1ccn(CCc2ccncc2)n1)C(C)C. The summed E-state index contributed by atoms with van der Waals surface area (Å²) in [4.78, 5) is 16.2. The van der Waals surface area contributed by atoms with Gasteiger partial charge in [-0.15, -0.1) is 0 Å². The van der Waals surface area contributed by atoms with Gasteiger partial charge in [0.25, 0.3) is 0 Å². The van der Waals surface area contributed by atoms with Crippen molar-refractivity contribution in [3.63, 3.8) is 0 Å². The summed E-state index contributed by atoms with van der Waals surface area (Å²) in [5, 5.41) is 10.1. The second-order valence-electron chi connectivity index (χ2n) is 6.18. The van der Waals surface area contributed by atoms with Gasteiger partial charge in [0.05, 0.1) is 12.6 Å². The molecule has 0 saturated carbocycles. The molecule has 2 aromatic heterocycles. The molecular weight excluding hydrogens is 318 g/mol. The summed E-state index contributed by atoms with van der Waals surface area (Å²) in [6, 6.07) is 5.46. The number of carbonyl (C=O) groups excluding carboxylic acids is 1. The number of amides is 2. The molecular formula is C18H27N5O2. The van der Waals surface area contributed by atoms with Crippen LogP contribution in [-0.2, 0) is 17.7 Å². The highest BCUT2D eigenvalue weighted by Crippen LogP contribution is 2.07. The number of hydrogen-bond donors (Lipinski definition) is 2. The maximum absolute atomic E-state index is 12.1. The van der Waals surface area contributed by atoms with Gasteiger partial charge in [0.15, 0.2) is 5.82 Å². The number of pyridine rings is 1. The van der Waals surface area contributed by atoms with Crippen LogP contribution in [0.2, 0.25) is 0 Å². The van der Waals surface area contributed by atoms with E-state index in [1.807, 2.05) is 29.9 Å². The Hall–Kier alpha value is -2.41. The highest BCUT2D eigenvalue weighted by atomic mass is 16.5. The summed E-state index contributed by atoms with van der Waals surface area (Å²) in [5.41, 5.74) is 1.20. The van der Waals surface area contributed by atoms with Gasteiger partial charge in [-0.3, -0.25) is 15.0 Å². The molecule has 7 heteroatoms. The average Bonchev–Trinajstić information content (AvgIpc) is 3.04. The van der Waals surface area contributed by atoms with Crippen molar-refractivity contribution in [1.82, 2.24) is 20.1 Å². The van der Waals surface area contributed by atoms with E-state index in [4.69, 9.17) is 4.74 Å². The first-order chi connectivity index (χ1) is 12.1. The molecule has 2 N–H and O–H groups in total. The molecule has 7 nitrogen and oxygen atoms in total. The Morgan fingerprint density at radius 1 is 1.28 bits per heavy atom. The quantitative estimate of drug-likeness (QED) is 0.732. The van der Waals surface area contributed by atoms with Gasteiger partial charge in [-0.05, 0) is 37.0 Å². The molecule has 0 aliphatic heterocycles. The number of aryl methyl sites for hydroxylation is 2. The molecule has 136 valence electrons. The minimum absolute atomic E-state index is 0.0336. The van der Waals surface area contributed by atoms with Crippen LogP contribution in [0.4, 0.5) is 10.6 Å². The highest BCUT2D eigenvalue weighted by molar-refractivity contribution is 5.88. The first-order valence-corrected chi connectivity index (χ1v) is 8.66. The van der Waals surface area contributed by atoms with Crippen molar-refractivity contribution in [2.75, 3.05) is 18.5 Å². The average molecular weight is 345 g/mol. The second kappa shape index (κ2) is 9.78. The van der Waals surface area contributed by atoms with Crippen molar-refractivity contribution in [3.8, 4) is 0 Å². The Balaban J connectivity index is 1.82. The third-order valence-electron chi connectivity index (χ3n) is 3.88. The van der Waals surface area contributed by atoms with Crippen molar-refractivity contribution in [3.05, 3.63) is 42.4 Å².